The molecule has 0 spiro atoms. The van der Waals surface area contributed by atoms with Gasteiger partial charge < -0.3 is 5.73 Å². The highest BCUT2D eigenvalue weighted by Gasteiger charge is 2.42. The lowest BCUT2D eigenvalue weighted by Crippen LogP contribution is -2.52. The quantitative estimate of drug-likeness (QED) is 0.711. The van der Waals surface area contributed by atoms with E-state index >= 15 is 0 Å². The predicted molar refractivity (Wildman–Crippen MR) is 119 cm³/mol. The molecule has 2 aliphatic rings. The van der Waals surface area contributed by atoms with E-state index in [1.807, 2.05) is 6.07 Å². The number of halogens is 1. The molecule has 1 aromatic heterocycles. The zero-order chi connectivity index (χ0) is 22.9. The molecule has 32 heavy (non-hydrogen) atoms. The zero-order valence-corrected chi connectivity index (χ0v) is 18.4. The molecule has 0 unspecified atom stereocenters. The number of hydrogen-bond donors (Lipinski definition) is 1. The molecule has 2 atom stereocenters. The summed E-state index contributed by atoms with van der Waals surface area (Å²) in [4.78, 5) is 21.2. The van der Waals surface area contributed by atoms with Crippen molar-refractivity contribution in [1.29, 1.82) is 5.26 Å². The molecule has 0 bridgehead atoms. The van der Waals surface area contributed by atoms with E-state index in [9.17, 15) is 13.4 Å². The predicted octanol–water partition coefficient (Wildman–Crippen LogP) is 2.54. The first-order valence-corrected chi connectivity index (χ1v) is 11.9. The molecule has 0 saturated heterocycles. The van der Waals surface area contributed by atoms with Crippen LogP contribution in [0.1, 0.15) is 46.9 Å². The molecule has 2 aliphatic heterocycles. The van der Waals surface area contributed by atoms with Crippen LogP contribution in [0, 0.1) is 17.1 Å². The minimum absolute atomic E-state index is 0.00662. The Labute approximate surface area is 186 Å². The molecule has 0 radical (unpaired) electrons. The van der Waals surface area contributed by atoms with Gasteiger partial charge in [0, 0.05) is 24.7 Å². The number of fused-ring (bicyclic) bond motifs is 1. The van der Waals surface area contributed by atoms with E-state index in [-0.39, 0.29) is 35.2 Å². The number of rotatable bonds is 4. The number of carbonyl (C=O) groups excluding carboxylic acids is 1. The highest BCUT2D eigenvalue weighted by Crippen LogP contribution is 2.36. The molecule has 0 fully saturated rings. The second-order valence-corrected chi connectivity index (χ2v) is 10.3. The van der Waals surface area contributed by atoms with Crippen molar-refractivity contribution in [3.63, 3.8) is 0 Å². The Hall–Kier alpha value is -3.32. The molecule has 3 heterocycles. The lowest BCUT2D eigenvalue weighted by atomic mass is 9.91. The largest absolute Gasteiger partial charge is 0.369 e. The average Bonchev–Trinajstić information content (AvgIpc) is 2.96. The van der Waals surface area contributed by atoms with Crippen LogP contribution in [-0.4, -0.2) is 44.1 Å². The van der Waals surface area contributed by atoms with Crippen LogP contribution >= 0.6 is 0 Å². The molecule has 2 aromatic rings. The van der Waals surface area contributed by atoms with E-state index in [0.29, 0.717) is 24.2 Å². The number of hydrogen-bond acceptors (Lipinski definition) is 7. The van der Waals surface area contributed by atoms with Gasteiger partial charge in [-0.3, -0.25) is 14.1 Å². The summed E-state index contributed by atoms with van der Waals surface area (Å²) in [5.41, 5.74) is 6.35. The van der Waals surface area contributed by atoms with Gasteiger partial charge in [-0.05, 0) is 49.6 Å². The van der Waals surface area contributed by atoms with Gasteiger partial charge in [-0.25, -0.2) is 18.0 Å². The standard InChI is InChI=1S/C22H23FN6O2S/c1-22(14-32(31)27-8-2-3-9-29(32)21(25)28-22)17-10-15(4-6-18(17)23)11-20(30)19-7-5-16(12-24)13-26-19/h4-7,10,13H,2-3,8-9,11,14H2,1H3,(H2,25,28)/t22-,32-/m0/s1. The minimum atomic E-state index is -2.84. The number of ketones is 1. The molecule has 1 aromatic carbocycles. The van der Waals surface area contributed by atoms with Crippen LogP contribution in [0.4, 0.5) is 4.39 Å². The summed E-state index contributed by atoms with van der Waals surface area (Å²) in [6, 6.07) is 9.35. The van der Waals surface area contributed by atoms with Gasteiger partial charge in [-0.2, -0.15) is 5.26 Å². The van der Waals surface area contributed by atoms with Crippen LogP contribution in [0.5, 0.6) is 0 Å². The Morgan fingerprint density at radius 2 is 2.16 bits per heavy atom. The lowest BCUT2D eigenvalue weighted by molar-refractivity contribution is 0.0988. The van der Waals surface area contributed by atoms with Gasteiger partial charge in [-0.15, -0.1) is 0 Å². The van der Waals surface area contributed by atoms with Crippen LogP contribution in [-0.2, 0) is 21.9 Å². The van der Waals surface area contributed by atoms with Gasteiger partial charge in [0.1, 0.15) is 33.0 Å². The van der Waals surface area contributed by atoms with Crippen LogP contribution in [0.3, 0.4) is 0 Å². The van der Waals surface area contributed by atoms with Gasteiger partial charge >= 0.3 is 0 Å². The third-order valence-electron chi connectivity index (χ3n) is 5.65. The van der Waals surface area contributed by atoms with Crippen molar-refractivity contribution < 1.29 is 13.4 Å². The summed E-state index contributed by atoms with van der Waals surface area (Å²) in [6.07, 6.45) is 2.95. The van der Waals surface area contributed by atoms with Crippen molar-refractivity contribution in [3.05, 3.63) is 64.7 Å². The van der Waals surface area contributed by atoms with Crippen LogP contribution in [0.2, 0.25) is 0 Å². The van der Waals surface area contributed by atoms with E-state index in [1.54, 1.807) is 17.3 Å². The van der Waals surface area contributed by atoms with Crippen molar-refractivity contribution in [1.82, 2.24) is 9.29 Å². The summed E-state index contributed by atoms with van der Waals surface area (Å²) in [6.45, 7) is 2.66. The summed E-state index contributed by atoms with van der Waals surface area (Å²) < 4.78 is 34.5. The number of nitrogens with two attached hydrogens (primary N) is 1. The zero-order valence-electron chi connectivity index (χ0n) is 17.6. The van der Waals surface area contributed by atoms with Crippen LogP contribution in [0.25, 0.3) is 0 Å². The van der Waals surface area contributed by atoms with Gasteiger partial charge in [0.2, 0.25) is 5.96 Å². The Morgan fingerprint density at radius 1 is 1.34 bits per heavy atom. The van der Waals surface area contributed by atoms with E-state index in [1.165, 1.54) is 30.5 Å². The average molecular weight is 455 g/mol. The van der Waals surface area contributed by atoms with Crippen molar-refractivity contribution in [2.75, 3.05) is 18.8 Å². The molecule has 8 nitrogen and oxygen atoms in total. The molecule has 2 N–H and O–H groups in total. The number of pyridine rings is 1. The molecule has 0 saturated carbocycles. The van der Waals surface area contributed by atoms with Gasteiger partial charge in [-0.1, -0.05) is 6.07 Å². The third-order valence-corrected chi connectivity index (χ3v) is 8.23. The minimum Gasteiger partial charge on any atom is -0.369 e. The first-order valence-electron chi connectivity index (χ1n) is 10.3. The Kier molecular flexibility index (Phi) is 5.69. The highest BCUT2D eigenvalue weighted by atomic mass is 32.2. The fourth-order valence-electron chi connectivity index (χ4n) is 4.01. The number of nitriles is 1. The van der Waals surface area contributed by atoms with Crippen molar-refractivity contribution in [2.45, 2.75) is 31.7 Å². The maximum absolute atomic E-state index is 14.9. The van der Waals surface area contributed by atoms with E-state index in [4.69, 9.17) is 11.0 Å². The molecule has 0 aliphatic carbocycles. The molecule has 4 rings (SSSR count). The van der Waals surface area contributed by atoms with Crippen LogP contribution in [0.15, 0.2) is 45.9 Å². The fourth-order valence-corrected chi connectivity index (χ4v) is 6.51. The molecular weight excluding hydrogens is 431 g/mol. The van der Waals surface area contributed by atoms with Gasteiger partial charge in [0.25, 0.3) is 0 Å². The Morgan fingerprint density at radius 3 is 2.88 bits per heavy atom. The normalized spacial score (nSPS) is 25.0. The summed E-state index contributed by atoms with van der Waals surface area (Å²) in [7, 11) is -2.84. The SMILES string of the molecule is C[C@@]1(c2cc(CC(=O)c3ccc(C#N)cn3)ccc2F)C[S@]2(=O)=NCCCCN2C(N)=N1. The van der Waals surface area contributed by atoms with Gasteiger partial charge in [0.05, 0.1) is 17.9 Å². The maximum atomic E-state index is 14.9. The fraction of sp³-hybridized carbons (Fsp3) is 0.364. The van der Waals surface area contributed by atoms with Crippen molar-refractivity contribution >= 4 is 21.7 Å². The number of aliphatic imine (C=N–C) groups is 1. The second kappa shape index (κ2) is 8.31. The van der Waals surface area contributed by atoms with Crippen molar-refractivity contribution in [2.24, 2.45) is 15.1 Å². The van der Waals surface area contributed by atoms with E-state index in [0.717, 1.165) is 12.8 Å². The topological polar surface area (TPSA) is 125 Å². The summed E-state index contributed by atoms with van der Waals surface area (Å²) >= 11 is 0. The van der Waals surface area contributed by atoms with E-state index < -0.39 is 21.3 Å². The third kappa shape index (κ3) is 4.08. The summed E-state index contributed by atoms with van der Waals surface area (Å²) in [5.74, 6) is -0.662. The number of benzene rings is 1. The monoisotopic (exact) mass is 454 g/mol. The maximum Gasteiger partial charge on any atom is 0.204 e. The number of aromatic nitrogens is 1. The number of guanidine groups is 1. The van der Waals surface area contributed by atoms with Gasteiger partial charge in [0.15, 0.2) is 5.78 Å². The summed E-state index contributed by atoms with van der Waals surface area (Å²) in [5, 5.41) is 8.87. The Balaban J connectivity index is 1.67. The molecular formula is C22H23FN6O2S. The van der Waals surface area contributed by atoms with E-state index in [2.05, 4.69) is 14.3 Å². The smallest absolute Gasteiger partial charge is 0.204 e. The van der Waals surface area contributed by atoms with Crippen molar-refractivity contribution in [3.8, 4) is 6.07 Å². The molecule has 10 heteroatoms. The lowest BCUT2D eigenvalue weighted by Gasteiger charge is -2.38. The number of carbonyl (C=O) groups is 1. The number of nitrogens with zero attached hydrogens (tertiary/aromatic N) is 5. The highest BCUT2D eigenvalue weighted by molar-refractivity contribution is 7.92. The Bertz CT molecular complexity index is 1260. The first kappa shape index (κ1) is 21.9. The first-order chi connectivity index (χ1) is 15.2. The molecule has 166 valence electrons. The number of Topliss-reactive ketones (excluding diaryl/α,β-unsaturated/α-hetero) is 1. The second-order valence-electron chi connectivity index (χ2n) is 8.11. The molecule has 0 amide bonds. The van der Waals surface area contributed by atoms with Crippen LogP contribution < -0.4 is 5.73 Å².